The van der Waals surface area contributed by atoms with Crippen molar-refractivity contribution in [2.24, 2.45) is 0 Å². The van der Waals surface area contributed by atoms with Gasteiger partial charge in [-0.2, -0.15) is 5.10 Å². The van der Waals surface area contributed by atoms with Crippen molar-refractivity contribution in [3.8, 4) is 5.75 Å². The van der Waals surface area contributed by atoms with E-state index in [4.69, 9.17) is 9.47 Å². The van der Waals surface area contributed by atoms with E-state index in [1.165, 1.54) is 43.6 Å². The average Bonchev–Trinajstić information content (AvgIpc) is 3.58. The topological polar surface area (TPSA) is 102 Å². The Hall–Kier alpha value is -3.25. The number of sulfonamides is 1. The van der Waals surface area contributed by atoms with E-state index in [9.17, 15) is 22.0 Å². The summed E-state index contributed by atoms with van der Waals surface area (Å²) in [6, 6.07) is 7.10. The predicted octanol–water partition coefficient (Wildman–Crippen LogP) is 3.79. The first-order chi connectivity index (χ1) is 17.9. The highest BCUT2D eigenvalue weighted by Gasteiger charge is 2.37. The lowest BCUT2D eigenvalue weighted by molar-refractivity contribution is 0.0982. The number of hydrogen-bond donors (Lipinski definition) is 1. The van der Waals surface area contributed by atoms with Crippen molar-refractivity contribution in [2.75, 3.05) is 24.7 Å². The summed E-state index contributed by atoms with van der Waals surface area (Å²) in [4.78, 5) is 14.7. The van der Waals surface area contributed by atoms with Gasteiger partial charge in [0.05, 0.1) is 41.3 Å². The molecule has 0 spiro atoms. The third kappa shape index (κ3) is 5.06. The van der Waals surface area contributed by atoms with Gasteiger partial charge in [-0.05, 0) is 51.1 Å². The zero-order valence-corrected chi connectivity index (χ0v) is 22.2. The van der Waals surface area contributed by atoms with Crippen molar-refractivity contribution < 1.29 is 31.5 Å². The molecule has 2 aliphatic rings. The fourth-order valence-electron chi connectivity index (χ4n) is 4.69. The molecule has 1 unspecified atom stereocenters. The van der Waals surface area contributed by atoms with Crippen molar-refractivity contribution in [2.45, 2.75) is 56.7 Å². The predicted molar refractivity (Wildman–Crippen MR) is 137 cm³/mol. The van der Waals surface area contributed by atoms with E-state index in [1.54, 1.807) is 29.3 Å². The summed E-state index contributed by atoms with van der Waals surface area (Å²) in [6.07, 6.45) is 2.40. The Bertz CT molecular complexity index is 1460. The molecule has 1 amide bonds. The summed E-state index contributed by atoms with van der Waals surface area (Å²) in [7, 11) is -3.94. The number of nitrogens with one attached hydrogen (secondary N) is 1. The Balaban J connectivity index is 1.49. The second kappa shape index (κ2) is 9.81. The molecule has 38 heavy (non-hydrogen) atoms. The van der Waals surface area contributed by atoms with Gasteiger partial charge in [-0.15, -0.1) is 0 Å². The molecule has 2 saturated heterocycles. The molecule has 1 N–H and O–H groups in total. The van der Waals surface area contributed by atoms with Gasteiger partial charge < -0.3 is 14.4 Å². The number of fused-ring (bicyclic) bond motifs is 1. The fraction of sp³-hybridized carbons (Fsp3) is 0.462. The molecule has 0 saturated carbocycles. The van der Waals surface area contributed by atoms with Crippen LogP contribution in [0, 0.1) is 5.82 Å². The van der Waals surface area contributed by atoms with Gasteiger partial charge in [0.15, 0.2) is 0 Å². The lowest BCUT2D eigenvalue weighted by atomic mass is 10.0. The first kappa shape index (κ1) is 26.4. The second-order valence-corrected chi connectivity index (χ2v) is 13.0. The number of pyridine rings is 1. The monoisotopic (exact) mass is 548 g/mol. The molecule has 1 aromatic carbocycles. The molecule has 3 aromatic rings. The molecule has 5 rings (SSSR count). The van der Waals surface area contributed by atoms with Crippen LogP contribution in [-0.2, 0) is 14.8 Å². The zero-order valence-electron chi connectivity index (χ0n) is 21.4. The van der Waals surface area contributed by atoms with Gasteiger partial charge >= 0.3 is 0 Å². The third-order valence-electron chi connectivity index (χ3n) is 6.88. The number of benzene rings is 1. The Morgan fingerprint density at radius 1 is 1.24 bits per heavy atom. The van der Waals surface area contributed by atoms with Crippen LogP contribution >= 0.6 is 0 Å². The molecule has 0 bridgehead atoms. The number of aromatic nitrogens is 2. The lowest BCUT2D eigenvalue weighted by Crippen LogP contribution is -2.42. The number of alkyl halides is 1. The number of anilines is 1. The Morgan fingerprint density at radius 3 is 2.74 bits per heavy atom. The Labute approximate surface area is 219 Å². The number of halogens is 2. The van der Waals surface area contributed by atoms with Gasteiger partial charge in [0.2, 0.25) is 10.0 Å². The average molecular weight is 549 g/mol. The number of nitrogens with zero attached hydrogens (tertiary/aromatic N) is 3. The number of hydrogen-bond acceptors (Lipinski definition) is 7. The maximum Gasteiger partial charge on any atom is 0.268 e. The smallest absolute Gasteiger partial charge is 0.268 e. The summed E-state index contributed by atoms with van der Waals surface area (Å²) in [5, 5.41) is 4.16. The van der Waals surface area contributed by atoms with Gasteiger partial charge in [0.1, 0.15) is 23.8 Å². The largest absolute Gasteiger partial charge is 0.488 e. The molecule has 0 aliphatic carbocycles. The summed E-state index contributed by atoms with van der Waals surface area (Å²) in [6.45, 7) is 5.54. The molecule has 2 aliphatic heterocycles. The first-order valence-electron chi connectivity index (χ1n) is 12.4. The highest BCUT2D eigenvalue weighted by Crippen LogP contribution is 2.42. The van der Waals surface area contributed by atoms with Crippen LogP contribution in [0.25, 0.3) is 5.52 Å². The molecular weight excluding hydrogens is 518 g/mol. The van der Waals surface area contributed by atoms with Crippen molar-refractivity contribution >= 4 is 27.1 Å². The molecule has 3 atom stereocenters. The standard InChI is InChI=1S/C26H30F2N4O5S/c1-26(2,3)38(34,35)30-25(33)21-13-29-32-8-6-18(12-23(21)32)31-14-17(28)11-22(31)20-10-16(27)4-5-24(20)37-19-7-9-36-15-19/h4-6,8,10,12-13,17,19,22H,7,9,11,14-15H2,1-3H3,(H,30,33)/t17-,19?,22+/m0/s1. The summed E-state index contributed by atoms with van der Waals surface area (Å²) in [5.74, 6) is -0.792. The number of carbonyl (C=O) groups excluding carboxylic acids is 1. The van der Waals surface area contributed by atoms with Crippen LogP contribution in [-0.4, -0.2) is 60.7 Å². The van der Waals surface area contributed by atoms with Crippen LogP contribution in [0.1, 0.15) is 55.6 Å². The SMILES string of the molecule is CC(C)(C)S(=O)(=O)NC(=O)c1cnn2ccc(N3C[C@@H](F)C[C@@H]3c3cc(F)ccc3OC3CCOC3)cc12. The maximum atomic E-state index is 14.8. The van der Waals surface area contributed by atoms with Gasteiger partial charge in [-0.3, -0.25) is 4.79 Å². The molecule has 2 aromatic heterocycles. The van der Waals surface area contributed by atoms with Crippen LogP contribution in [0.4, 0.5) is 14.5 Å². The van der Waals surface area contributed by atoms with E-state index in [2.05, 4.69) is 9.82 Å². The van der Waals surface area contributed by atoms with Gasteiger partial charge in [0, 0.05) is 36.8 Å². The van der Waals surface area contributed by atoms with Crippen molar-refractivity contribution in [1.29, 1.82) is 0 Å². The minimum atomic E-state index is -3.94. The van der Waals surface area contributed by atoms with E-state index in [-0.39, 0.29) is 24.6 Å². The van der Waals surface area contributed by atoms with Gasteiger partial charge in [-0.1, -0.05) is 0 Å². The third-order valence-corrected chi connectivity index (χ3v) is 8.94. The van der Waals surface area contributed by atoms with Gasteiger partial charge in [-0.25, -0.2) is 26.4 Å². The minimum Gasteiger partial charge on any atom is -0.488 e. The molecule has 4 heterocycles. The second-order valence-electron chi connectivity index (χ2n) is 10.6. The quantitative estimate of drug-likeness (QED) is 0.500. The van der Waals surface area contributed by atoms with Crippen molar-refractivity contribution in [1.82, 2.24) is 14.3 Å². The molecule has 2 fully saturated rings. The molecule has 204 valence electrons. The van der Waals surface area contributed by atoms with Crippen LogP contribution in [0.5, 0.6) is 5.75 Å². The summed E-state index contributed by atoms with van der Waals surface area (Å²) < 4.78 is 68.1. The molecule has 0 radical (unpaired) electrons. The maximum absolute atomic E-state index is 14.8. The van der Waals surface area contributed by atoms with Crippen molar-refractivity contribution in [3.05, 3.63) is 59.7 Å². The Kier molecular flexibility index (Phi) is 6.80. The van der Waals surface area contributed by atoms with Crippen molar-refractivity contribution in [3.63, 3.8) is 0 Å². The number of carbonyl (C=O) groups is 1. The molecule has 9 nitrogen and oxygen atoms in total. The summed E-state index contributed by atoms with van der Waals surface area (Å²) in [5.41, 5.74) is 1.52. The van der Waals surface area contributed by atoms with E-state index in [0.717, 1.165) is 0 Å². The highest BCUT2D eigenvalue weighted by atomic mass is 32.2. The van der Waals surface area contributed by atoms with E-state index in [0.29, 0.717) is 42.2 Å². The van der Waals surface area contributed by atoms with Crippen LogP contribution in [0.2, 0.25) is 0 Å². The summed E-state index contributed by atoms with van der Waals surface area (Å²) >= 11 is 0. The number of amides is 1. The van der Waals surface area contributed by atoms with Crippen LogP contribution in [0.3, 0.4) is 0 Å². The minimum absolute atomic E-state index is 0.0530. The molecule has 12 heteroatoms. The normalized spacial score (nSPS) is 22.2. The number of ether oxygens (including phenoxy) is 2. The molecular formula is C26H30F2N4O5S. The first-order valence-corrected chi connectivity index (χ1v) is 13.9. The zero-order chi connectivity index (χ0) is 27.2. The van der Waals surface area contributed by atoms with E-state index < -0.39 is 38.7 Å². The van der Waals surface area contributed by atoms with E-state index in [1.807, 2.05) is 0 Å². The van der Waals surface area contributed by atoms with Crippen LogP contribution in [0.15, 0.2) is 42.7 Å². The lowest BCUT2D eigenvalue weighted by Gasteiger charge is -2.29. The van der Waals surface area contributed by atoms with Gasteiger partial charge in [0.25, 0.3) is 5.91 Å². The fourth-order valence-corrected chi connectivity index (χ4v) is 5.35. The van der Waals surface area contributed by atoms with E-state index >= 15 is 0 Å². The highest BCUT2D eigenvalue weighted by molar-refractivity contribution is 7.91. The number of rotatable bonds is 6. The van der Waals surface area contributed by atoms with Crippen LogP contribution < -0.4 is 14.4 Å². The Morgan fingerprint density at radius 2 is 2.03 bits per heavy atom.